The van der Waals surface area contributed by atoms with Gasteiger partial charge in [0.15, 0.2) is 4.77 Å². The van der Waals surface area contributed by atoms with Gasteiger partial charge in [0, 0.05) is 5.69 Å². The molecule has 17 heavy (non-hydrogen) atoms. The quantitative estimate of drug-likeness (QED) is 0.642. The molecule has 0 saturated carbocycles. The van der Waals surface area contributed by atoms with E-state index < -0.39 is 0 Å². The van der Waals surface area contributed by atoms with Crippen molar-refractivity contribution in [2.45, 2.75) is 13.8 Å². The predicted octanol–water partition coefficient (Wildman–Crippen LogP) is 1.82. The molecule has 86 valence electrons. The fourth-order valence-electron chi connectivity index (χ4n) is 1.85. The van der Waals surface area contributed by atoms with Crippen LogP contribution in [0.1, 0.15) is 11.4 Å². The van der Waals surface area contributed by atoms with Gasteiger partial charge in [0.25, 0.3) is 0 Å². The Hall–Kier alpha value is -2.02. The van der Waals surface area contributed by atoms with Crippen molar-refractivity contribution in [1.82, 2.24) is 29.9 Å². The minimum absolute atomic E-state index is 0.553. The average molecular weight is 246 g/mol. The lowest BCUT2D eigenvalue weighted by Gasteiger charge is -2.02. The summed E-state index contributed by atoms with van der Waals surface area (Å²) in [7, 11) is 0. The Morgan fingerprint density at radius 2 is 2.12 bits per heavy atom. The largest absolute Gasteiger partial charge is 0.329 e. The third kappa shape index (κ3) is 1.55. The molecule has 0 aliphatic heterocycles. The van der Waals surface area contributed by atoms with Crippen LogP contribution in [0.3, 0.4) is 0 Å². The lowest BCUT2D eigenvalue weighted by Crippen LogP contribution is -2.04. The topological polar surface area (TPSA) is 75.2 Å². The predicted molar refractivity (Wildman–Crippen MR) is 65.7 cm³/mol. The van der Waals surface area contributed by atoms with E-state index in [4.69, 9.17) is 12.2 Å². The third-order valence-electron chi connectivity index (χ3n) is 2.53. The number of hydrogen-bond donors (Lipinski definition) is 2. The maximum Gasteiger partial charge on any atom is 0.201 e. The second-order valence-corrected chi connectivity index (χ2v) is 4.28. The molecule has 0 unspecified atom stereocenters. The SMILES string of the molecule is Cc1cc(C)n(-c2nncc3[nH]c(=S)[nH]c23)n1. The second kappa shape index (κ2) is 3.49. The first kappa shape index (κ1) is 10.2. The zero-order valence-corrected chi connectivity index (χ0v) is 10.2. The van der Waals surface area contributed by atoms with Crippen molar-refractivity contribution in [3.63, 3.8) is 0 Å². The summed E-state index contributed by atoms with van der Waals surface area (Å²) in [6, 6.07) is 1.99. The molecule has 6 nitrogen and oxygen atoms in total. The van der Waals surface area contributed by atoms with Crippen LogP contribution in [0.5, 0.6) is 0 Å². The second-order valence-electron chi connectivity index (χ2n) is 3.87. The molecule has 0 radical (unpaired) electrons. The van der Waals surface area contributed by atoms with E-state index in [2.05, 4.69) is 25.3 Å². The normalized spacial score (nSPS) is 11.2. The molecular formula is C10H10N6S. The van der Waals surface area contributed by atoms with Gasteiger partial charge in [-0.25, -0.2) is 4.68 Å². The highest BCUT2D eigenvalue weighted by Gasteiger charge is 2.11. The number of imidazole rings is 1. The highest BCUT2D eigenvalue weighted by molar-refractivity contribution is 7.71. The van der Waals surface area contributed by atoms with Gasteiger partial charge >= 0.3 is 0 Å². The van der Waals surface area contributed by atoms with Crippen molar-refractivity contribution >= 4 is 23.3 Å². The van der Waals surface area contributed by atoms with Gasteiger partial charge in [-0.2, -0.15) is 10.2 Å². The van der Waals surface area contributed by atoms with Gasteiger partial charge in [0.05, 0.1) is 17.4 Å². The number of fused-ring (bicyclic) bond motifs is 1. The van der Waals surface area contributed by atoms with Crippen molar-refractivity contribution < 1.29 is 0 Å². The van der Waals surface area contributed by atoms with Gasteiger partial charge in [-0.05, 0) is 32.1 Å². The van der Waals surface area contributed by atoms with Crippen LogP contribution in [0.2, 0.25) is 0 Å². The van der Waals surface area contributed by atoms with E-state index in [-0.39, 0.29) is 0 Å². The molecule has 0 aliphatic carbocycles. The number of aromatic nitrogens is 6. The van der Waals surface area contributed by atoms with Crippen LogP contribution >= 0.6 is 12.2 Å². The number of nitrogens with zero attached hydrogens (tertiary/aromatic N) is 4. The Bertz CT molecular complexity index is 750. The Morgan fingerprint density at radius 1 is 1.29 bits per heavy atom. The Morgan fingerprint density at radius 3 is 2.82 bits per heavy atom. The number of H-pyrrole nitrogens is 2. The van der Waals surface area contributed by atoms with E-state index in [1.165, 1.54) is 0 Å². The van der Waals surface area contributed by atoms with Crippen LogP contribution in [0.15, 0.2) is 12.3 Å². The van der Waals surface area contributed by atoms with Crippen LogP contribution < -0.4 is 0 Å². The van der Waals surface area contributed by atoms with Crippen LogP contribution in [0, 0.1) is 18.6 Å². The van der Waals surface area contributed by atoms with Gasteiger partial charge in [0.2, 0.25) is 5.82 Å². The first-order chi connectivity index (χ1) is 8.15. The first-order valence-corrected chi connectivity index (χ1v) is 5.53. The summed E-state index contributed by atoms with van der Waals surface area (Å²) in [4.78, 5) is 6.07. The number of aromatic amines is 2. The number of nitrogens with one attached hydrogen (secondary N) is 2. The van der Waals surface area contributed by atoms with Crippen molar-refractivity contribution in [2.24, 2.45) is 0 Å². The number of hydrogen-bond acceptors (Lipinski definition) is 4. The summed E-state index contributed by atoms with van der Waals surface area (Å²) in [6.07, 6.45) is 1.64. The smallest absolute Gasteiger partial charge is 0.201 e. The van der Waals surface area contributed by atoms with E-state index in [1.54, 1.807) is 10.9 Å². The molecule has 3 aromatic heterocycles. The highest BCUT2D eigenvalue weighted by atomic mass is 32.1. The van der Waals surface area contributed by atoms with Crippen molar-refractivity contribution in [3.8, 4) is 5.82 Å². The summed E-state index contributed by atoms with van der Waals surface area (Å²) in [6.45, 7) is 3.91. The molecule has 0 aliphatic rings. The van der Waals surface area contributed by atoms with Gasteiger partial charge < -0.3 is 9.97 Å². The molecule has 0 spiro atoms. The van der Waals surface area contributed by atoms with E-state index in [1.807, 2.05) is 19.9 Å². The van der Waals surface area contributed by atoms with Crippen molar-refractivity contribution in [1.29, 1.82) is 0 Å². The molecular weight excluding hydrogens is 236 g/mol. The fraction of sp³-hybridized carbons (Fsp3) is 0.200. The molecule has 7 heteroatoms. The van der Waals surface area contributed by atoms with Gasteiger partial charge in [-0.3, -0.25) is 0 Å². The summed E-state index contributed by atoms with van der Waals surface area (Å²) in [5.41, 5.74) is 3.59. The first-order valence-electron chi connectivity index (χ1n) is 5.12. The van der Waals surface area contributed by atoms with Crippen molar-refractivity contribution in [3.05, 3.63) is 28.4 Å². The van der Waals surface area contributed by atoms with Crippen LogP contribution in [-0.2, 0) is 0 Å². The monoisotopic (exact) mass is 246 g/mol. The van der Waals surface area contributed by atoms with E-state index in [0.717, 1.165) is 22.4 Å². The van der Waals surface area contributed by atoms with Gasteiger partial charge in [-0.1, -0.05) is 0 Å². The van der Waals surface area contributed by atoms with E-state index in [9.17, 15) is 0 Å². The number of rotatable bonds is 1. The highest BCUT2D eigenvalue weighted by Crippen LogP contribution is 2.17. The minimum atomic E-state index is 0.553. The van der Waals surface area contributed by atoms with Gasteiger partial charge in [-0.15, -0.1) is 5.10 Å². The standard InChI is InChI=1S/C10H10N6S/c1-5-3-6(2)16(15-5)9-8-7(4-11-14-9)12-10(17)13-8/h3-4H,1-2H3,(H2,12,13,17). The molecule has 3 heterocycles. The summed E-state index contributed by atoms with van der Waals surface area (Å²) in [5.74, 6) is 0.653. The van der Waals surface area contributed by atoms with Crippen LogP contribution in [-0.4, -0.2) is 29.9 Å². The molecule has 0 atom stereocenters. The van der Waals surface area contributed by atoms with E-state index >= 15 is 0 Å². The molecule has 3 rings (SSSR count). The van der Waals surface area contributed by atoms with Crippen LogP contribution in [0.4, 0.5) is 0 Å². The molecule has 0 fully saturated rings. The summed E-state index contributed by atoms with van der Waals surface area (Å²) < 4.78 is 2.31. The average Bonchev–Trinajstić information content (AvgIpc) is 2.79. The lowest BCUT2D eigenvalue weighted by atomic mass is 10.4. The molecule has 0 saturated heterocycles. The third-order valence-corrected chi connectivity index (χ3v) is 2.73. The summed E-state index contributed by atoms with van der Waals surface area (Å²) >= 11 is 5.06. The molecule has 0 bridgehead atoms. The summed E-state index contributed by atoms with van der Waals surface area (Å²) in [5, 5.41) is 12.4. The molecule has 0 amide bonds. The van der Waals surface area contributed by atoms with Gasteiger partial charge in [0.1, 0.15) is 5.52 Å². The minimum Gasteiger partial charge on any atom is -0.329 e. The maximum absolute atomic E-state index is 5.06. The fourth-order valence-corrected chi connectivity index (χ4v) is 2.06. The Labute approximate surface area is 102 Å². The molecule has 2 N–H and O–H groups in total. The Balaban J connectivity index is 2.37. The van der Waals surface area contributed by atoms with E-state index in [0.29, 0.717) is 10.6 Å². The zero-order valence-electron chi connectivity index (χ0n) is 9.35. The molecule has 3 aromatic rings. The number of aryl methyl sites for hydroxylation is 2. The maximum atomic E-state index is 5.06. The van der Waals surface area contributed by atoms with Crippen LogP contribution in [0.25, 0.3) is 16.9 Å². The lowest BCUT2D eigenvalue weighted by molar-refractivity contribution is 0.789. The van der Waals surface area contributed by atoms with Crippen molar-refractivity contribution in [2.75, 3.05) is 0 Å². The Kier molecular flexibility index (Phi) is 2.08. The molecule has 0 aromatic carbocycles. The zero-order chi connectivity index (χ0) is 12.0.